The number of pyridine rings is 1. The fraction of sp³-hybridized carbons (Fsp3) is 0.346. The maximum Gasteiger partial charge on any atom is 0.410 e. The maximum atomic E-state index is 12.5. The molecule has 10 heteroatoms. The molecule has 10 nitrogen and oxygen atoms in total. The van der Waals surface area contributed by atoms with Crippen LogP contribution in [0.2, 0.25) is 0 Å². The Morgan fingerprint density at radius 1 is 1.11 bits per heavy atom. The smallest absolute Gasteiger partial charge is 0.410 e. The summed E-state index contributed by atoms with van der Waals surface area (Å²) < 4.78 is 10.6. The van der Waals surface area contributed by atoms with E-state index in [1.54, 1.807) is 48.7 Å². The Hall–Kier alpha value is -4.05. The summed E-state index contributed by atoms with van der Waals surface area (Å²) in [5, 5.41) is 6.34. The summed E-state index contributed by atoms with van der Waals surface area (Å²) in [6, 6.07) is 12.6. The maximum absolute atomic E-state index is 12.5. The molecule has 3 rings (SSSR count). The number of amides is 1. The fourth-order valence-corrected chi connectivity index (χ4v) is 3.19. The Morgan fingerprint density at radius 2 is 1.94 bits per heavy atom. The molecule has 36 heavy (non-hydrogen) atoms. The lowest BCUT2D eigenvalue weighted by Crippen LogP contribution is -2.41. The number of nitrogens with one attached hydrogen (secondary N) is 2. The quantitative estimate of drug-likeness (QED) is 0.376. The van der Waals surface area contributed by atoms with E-state index in [-0.39, 0.29) is 6.09 Å². The highest BCUT2D eigenvalue weighted by Crippen LogP contribution is 2.20. The third kappa shape index (κ3) is 8.31. The van der Waals surface area contributed by atoms with Crippen LogP contribution >= 0.6 is 0 Å². The van der Waals surface area contributed by atoms with Crippen LogP contribution in [-0.4, -0.2) is 71.2 Å². The van der Waals surface area contributed by atoms with Gasteiger partial charge in [-0.1, -0.05) is 12.1 Å². The number of carbonyl (C=O) groups excluding carboxylic acids is 2. The van der Waals surface area contributed by atoms with Crippen molar-refractivity contribution >= 4 is 29.8 Å². The van der Waals surface area contributed by atoms with Crippen molar-refractivity contribution in [2.45, 2.75) is 26.4 Å². The number of anilines is 3. The van der Waals surface area contributed by atoms with Crippen LogP contribution in [0.5, 0.6) is 0 Å². The molecule has 190 valence electrons. The molecular formula is C26H32N6O4. The van der Waals surface area contributed by atoms with Gasteiger partial charge < -0.3 is 25.0 Å². The van der Waals surface area contributed by atoms with Crippen molar-refractivity contribution < 1.29 is 19.1 Å². The molecule has 0 fully saturated rings. The van der Waals surface area contributed by atoms with Crippen LogP contribution in [0.4, 0.5) is 22.2 Å². The summed E-state index contributed by atoms with van der Waals surface area (Å²) in [6.07, 6.45) is 3.79. The van der Waals surface area contributed by atoms with Crippen molar-refractivity contribution in [1.29, 1.82) is 0 Å². The summed E-state index contributed by atoms with van der Waals surface area (Å²) >= 11 is 0. The van der Waals surface area contributed by atoms with Crippen LogP contribution in [-0.2, 0) is 9.47 Å². The molecule has 0 saturated heterocycles. The SMILES string of the molecule is COCCN(CCNc1ccc(-c2ccnc(Nc3cccc(C=O)c3)n2)cn1)C(=O)OC(C)(C)C. The molecule has 2 N–H and O–H groups in total. The number of aldehydes is 1. The highest BCUT2D eigenvalue weighted by atomic mass is 16.6. The summed E-state index contributed by atoms with van der Waals surface area (Å²) in [4.78, 5) is 38.3. The number of hydrogen-bond acceptors (Lipinski definition) is 9. The third-order valence-corrected chi connectivity index (χ3v) is 4.90. The first-order valence-corrected chi connectivity index (χ1v) is 11.6. The zero-order valence-electron chi connectivity index (χ0n) is 21.0. The number of hydrogen-bond donors (Lipinski definition) is 2. The molecule has 0 saturated carbocycles. The van der Waals surface area contributed by atoms with Gasteiger partial charge in [0.25, 0.3) is 0 Å². The molecule has 0 bridgehead atoms. The van der Waals surface area contributed by atoms with Gasteiger partial charge in [-0.05, 0) is 51.1 Å². The number of nitrogens with zero attached hydrogens (tertiary/aromatic N) is 4. The van der Waals surface area contributed by atoms with Gasteiger partial charge >= 0.3 is 6.09 Å². The van der Waals surface area contributed by atoms with E-state index >= 15 is 0 Å². The monoisotopic (exact) mass is 492 g/mol. The Bertz CT molecular complexity index is 1150. The van der Waals surface area contributed by atoms with E-state index < -0.39 is 5.60 Å². The number of rotatable bonds is 11. The average molecular weight is 493 g/mol. The fourth-order valence-electron chi connectivity index (χ4n) is 3.19. The van der Waals surface area contributed by atoms with Crippen LogP contribution in [0, 0.1) is 0 Å². The Morgan fingerprint density at radius 3 is 2.64 bits per heavy atom. The van der Waals surface area contributed by atoms with Gasteiger partial charge in [-0.2, -0.15) is 0 Å². The largest absolute Gasteiger partial charge is 0.444 e. The standard InChI is InChI=1S/C26H32N6O4/c1-26(2,3)36-25(34)32(14-15-35-4)13-12-27-23-9-8-20(17-29-23)22-10-11-28-24(31-22)30-21-7-5-6-19(16-21)18-33/h5-11,16-18H,12-15H2,1-4H3,(H,27,29)(H,28,30,31). The molecule has 0 atom stereocenters. The first-order valence-electron chi connectivity index (χ1n) is 11.6. The third-order valence-electron chi connectivity index (χ3n) is 4.90. The molecule has 0 spiro atoms. The Kier molecular flexibility index (Phi) is 9.29. The first kappa shape index (κ1) is 26.6. The minimum atomic E-state index is -0.566. The topological polar surface area (TPSA) is 119 Å². The molecule has 0 unspecified atom stereocenters. The average Bonchev–Trinajstić information content (AvgIpc) is 2.85. The predicted molar refractivity (Wildman–Crippen MR) is 139 cm³/mol. The predicted octanol–water partition coefficient (Wildman–Crippen LogP) is 4.39. The van der Waals surface area contributed by atoms with Gasteiger partial charge in [0.2, 0.25) is 5.95 Å². The lowest BCUT2D eigenvalue weighted by atomic mass is 10.2. The highest BCUT2D eigenvalue weighted by Gasteiger charge is 2.21. The van der Waals surface area contributed by atoms with Gasteiger partial charge in [-0.25, -0.2) is 19.7 Å². The van der Waals surface area contributed by atoms with Crippen LogP contribution in [0.3, 0.4) is 0 Å². The van der Waals surface area contributed by atoms with Crippen LogP contribution < -0.4 is 10.6 Å². The van der Waals surface area contributed by atoms with Gasteiger partial charge in [0, 0.05) is 56.0 Å². The molecule has 2 aromatic heterocycles. The van der Waals surface area contributed by atoms with Crippen molar-refractivity contribution in [2.24, 2.45) is 0 Å². The molecule has 1 amide bonds. The summed E-state index contributed by atoms with van der Waals surface area (Å²) in [5.74, 6) is 1.09. The van der Waals surface area contributed by atoms with Crippen LogP contribution in [0.25, 0.3) is 11.3 Å². The van der Waals surface area contributed by atoms with Crippen molar-refractivity contribution in [3.8, 4) is 11.3 Å². The zero-order valence-corrected chi connectivity index (χ0v) is 21.0. The van der Waals surface area contributed by atoms with Crippen molar-refractivity contribution in [3.63, 3.8) is 0 Å². The van der Waals surface area contributed by atoms with Gasteiger partial charge in [-0.3, -0.25) is 4.79 Å². The molecular weight excluding hydrogens is 460 g/mol. The van der Waals surface area contributed by atoms with Crippen molar-refractivity contribution in [1.82, 2.24) is 19.9 Å². The second-order valence-corrected chi connectivity index (χ2v) is 8.95. The molecule has 0 radical (unpaired) electrons. The van der Waals surface area contributed by atoms with E-state index in [0.717, 1.165) is 17.5 Å². The lowest BCUT2D eigenvalue weighted by molar-refractivity contribution is 0.0210. The van der Waals surface area contributed by atoms with Crippen molar-refractivity contribution in [2.75, 3.05) is 44.0 Å². The summed E-state index contributed by atoms with van der Waals surface area (Å²) in [7, 11) is 1.60. The number of aromatic nitrogens is 3. The Balaban J connectivity index is 1.59. The number of benzene rings is 1. The van der Waals surface area contributed by atoms with E-state index in [4.69, 9.17) is 9.47 Å². The molecule has 0 aliphatic heterocycles. The highest BCUT2D eigenvalue weighted by molar-refractivity contribution is 5.77. The van der Waals surface area contributed by atoms with E-state index in [9.17, 15) is 9.59 Å². The zero-order chi connectivity index (χ0) is 26.0. The van der Waals surface area contributed by atoms with E-state index in [0.29, 0.717) is 49.3 Å². The van der Waals surface area contributed by atoms with Crippen LogP contribution in [0.15, 0.2) is 54.9 Å². The Labute approximate surface area is 211 Å². The van der Waals surface area contributed by atoms with E-state index in [1.807, 2.05) is 39.0 Å². The van der Waals surface area contributed by atoms with Gasteiger partial charge in [0.15, 0.2) is 0 Å². The summed E-state index contributed by atoms with van der Waals surface area (Å²) in [5.41, 5.74) is 2.25. The van der Waals surface area contributed by atoms with Crippen molar-refractivity contribution in [3.05, 3.63) is 60.4 Å². The van der Waals surface area contributed by atoms with Gasteiger partial charge in [0.1, 0.15) is 17.7 Å². The first-order chi connectivity index (χ1) is 17.3. The minimum Gasteiger partial charge on any atom is -0.444 e. The second-order valence-electron chi connectivity index (χ2n) is 8.95. The second kappa shape index (κ2) is 12.6. The molecule has 2 heterocycles. The minimum absolute atomic E-state index is 0.379. The number of carbonyl (C=O) groups is 2. The molecule has 0 aliphatic rings. The normalized spacial score (nSPS) is 11.0. The number of methoxy groups -OCH3 is 1. The van der Waals surface area contributed by atoms with Gasteiger partial charge in [0.05, 0.1) is 12.3 Å². The number of ether oxygens (including phenoxy) is 2. The van der Waals surface area contributed by atoms with E-state index in [2.05, 4.69) is 25.6 Å². The summed E-state index contributed by atoms with van der Waals surface area (Å²) in [6.45, 7) is 7.30. The van der Waals surface area contributed by atoms with Crippen LogP contribution in [0.1, 0.15) is 31.1 Å². The van der Waals surface area contributed by atoms with Gasteiger partial charge in [-0.15, -0.1) is 0 Å². The van der Waals surface area contributed by atoms with E-state index in [1.165, 1.54) is 0 Å². The molecule has 0 aliphatic carbocycles. The molecule has 3 aromatic rings. The molecule has 1 aromatic carbocycles. The lowest BCUT2D eigenvalue weighted by Gasteiger charge is -2.27.